The Morgan fingerprint density at radius 3 is 2.88 bits per heavy atom. The minimum Gasteiger partial charge on any atom is -0.464 e. The molecule has 0 spiro atoms. The van der Waals surface area contributed by atoms with Crippen molar-refractivity contribution in [3.8, 4) is 0 Å². The van der Waals surface area contributed by atoms with Crippen molar-refractivity contribution in [3.63, 3.8) is 0 Å². The molecule has 0 saturated carbocycles. The number of aromatic nitrogens is 1. The van der Waals surface area contributed by atoms with E-state index in [-0.39, 0.29) is 4.90 Å². The Bertz CT molecular complexity index is 544. The molecule has 0 aromatic carbocycles. The third-order valence-corrected chi connectivity index (χ3v) is 4.10. The molecule has 0 unspecified atom stereocenters. The Hall–Kier alpha value is -1.34. The normalized spacial score (nSPS) is 17.9. The fourth-order valence-corrected chi connectivity index (χ4v) is 3.22. The van der Waals surface area contributed by atoms with Gasteiger partial charge in [0.25, 0.3) is 0 Å². The molecule has 0 bridgehead atoms. The van der Waals surface area contributed by atoms with Gasteiger partial charge in [-0.15, -0.1) is 0 Å². The first-order valence-corrected chi connectivity index (χ1v) is 6.22. The van der Waals surface area contributed by atoms with Gasteiger partial charge >= 0.3 is 5.97 Å². The van der Waals surface area contributed by atoms with E-state index in [2.05, 4.69) is 9.46 Å². The summed E-state index contributed by atoms with van der Waals surface area (Å²) in [5, 5.41) is 0. The lowest BCUT2D eigenvalue weighted by molar-refractivity contribution is 0.0588. The number of carbonyl (C=O) groups excluding carboxylic acids is 1. The molecule has 1 aliphatic heterocycles. The second-order valence-corrected chi connectivity index (χ2v) is 5.31. The van der Waals surface area contributed by atoms with E-state index in [0.29, 0.717) is 24.2 Å². The van der Waals surface area contributed by atoms with Crippen LogP contribution in [0.15, 0.2) is 11.1 Å². The quantitative estimate of drug-likeness (QED) is 0.685. The van der Waals surface area contributed by atoms with Crippen LogP contribution in [0.3, 0.4) is 0 Å². The molecular formula is C9H12N2O4S. The Labute approximate surface area is 93.3 Å². The number of hydrogen-bond donors (Lipinski definition) is 1. The molecule has 0 amide bonds. The summed E-state index contributed by atoms with van der Waals surface area (Å²) < 4.78 is 31.9. The average Bonchev–Trinajstić information content (AvgIpc) is 2.55. The van der Waals surface area contributed by atoms with Crippen molar-refractivity contribution < 1.29 is 17.9 Å². The molecule has 0 radical (unpaired) electrons. The zero-order valence-electron chi connectivity index (χ0n) is 8.98. The maximum absolute atomic E-state index is 11.7. The van der Waals surface area contributed by atoms with Crippen LogP contribution in [0.5, 0.6) is 0 Å². The van der Waals surface area contributed by atoms with Crippen LogP contribution in [0, 0.1) is 0 Å². The predicted molar refractivity (Wildman–Crippen MR) is 55.6 cm³/mol. The highest BCUT2D eigenvalue weighted by atomic mass is 32.2. The molecule has 2 rings (SSSR count). The van der Waals surface area contributed by atoms with Gasteiger partial charge in [-0.1, -0.05) is 0 Å². The summed E-state index contributed by atoms with van der Waals surface area (Å²) in [6, 6.07) is 0. The van der Waals surface area contributed by atoms with Gasteiger partial charge in [0.15, 0.2) is 0 Å². The molecule has 7 heteroatoms. The largest absolute Gasteiger partial charge is 0.464 e. The van der Waals surface area contributed by atoms with Gasteiger partial charge in [-0.3, -0.25) is 0 Å². The number of rotatable bonds is 1. The number of aryl methyl sites for hydroxylation is 1. The van der Waals surface area contributed by atoms with E-state index < -0.39 is 16.0 Å². The first-order chi connectivity index (χ1) is 7.47. The van der Waals surface area contributed by atoms with E-state index in [1.807, 2.05) is 0 Å². The standard InChI is InChI=1S/C9H12N2O4S/c1-11-5-7-6(8(11)9(12)15-2)3-4-10-16(7,13)14/h5,10H,3-4H2,1-2H3. The van der Waals surface area contributed by atoms with Crippen molar-refractivity contribution in [1.29, 1.82) is 0 Å². The van der Waals surface area contributed by atoms with Gasteiger partial charge in [0.05, 0.1) is 7.11 Å². The first kappa shape index (κ1) is 11.2. The molecule has 1 aliphatic rings. The summed E-state index contributed by atoms with van der Waals surface area (Å²) in [7, 11) is -0.564. The molecule has 0 fully saturated rings. The molecule has 0 atom stereocenters. The van der Waals surface area contributed by atoms with Crippen LogP contribution in [0.4, 0.5) is 0 Å². The summed E-state index contributed by atoms with van der Waals surface area (Å²) >= 11 is 0. The molecule has 1 N–H and O–H groups in total. The predicted octanol–water partition coefficient (Wildman–Crippen LogP) is -0.354. The summed E-state index contributed by atoms with van der Waals surface area (Å²) in [5.74, 6) is -0.513. The Balaban J connectivity index is 2.67. The SMILES string of the molecule is COC(=O)c1c2c(cn1C)S(=O)(=O)NCC2. The highest BCUT2D eigenvalue weighted by Crippen LogP contribution is 2.25. The number of nitrogens with zero attached hydrogens (tertiary/aromatic N) is 1. The van der Waals surface area contributed by atoms with Crippen LogP contribution in [-0.4, -0.2) is 32.6 Å². The Morgan fingerprint density at radius 1 is 1.56 bits per heavy atom. The summed E-state index contributed by atoms with van der Waals surface area (Å²) in [6.45, 7) is 0.309. The fraction of sp³-hybridized carbons (Fsp3) is 0.444. The minimum absolute atomic E-state index is 0.168. The van der Waals surface area contributed by atoms with Crippen LogP contribution < -0.4 is 4.72 Å². The van der Waals surface area contributed by atoms with Crippen LogP contribution in [-0.2, 0) is 28.2 Å². The van der Waals surface area contributed by atoms with Gasteiger partial charge in [-0.25, -0.2) is 17.9 Å². The third-order valence-electron chi connectivity index (χ3n) is 2.58. The van der Waals surface area contributed by atoms with E-state index in [4.69, 9.17) is 0 Å². The van der Waals surface area contributed by atoms with Gasteiger partial charge in [0.2, 0.25) is 10.0 Å². The lowest BCUT2D eigenvalue weighted by Gasteiger charge is -2.14. The lowest BCUT2D eigenvalue weighted by atomic mass is 10.1. The molecule has 88 valence electrons. The van der Waals surface area contributed by atoms with E-state index >= 15 is 0 Å². The number of sulfonamides is 1. The second-order valence-electron chi connectivity index (χ2n) is 3.57. The average molecular weight is 244 g/mol. The Kier molecular flexibility index (Phi) is 2.51. The van der Waals surface area contributed by atoms with E-state index in [1.54, 1.807) is 7.05 Å². The molecule has 2 heterocycles. The van der Waals surface area contributed by atoms with Gasteiger partial charge in [-0.05, 0) is 6.42 Å². The van der Waals surface area contributed by atoms with E-state index in [1.165, 1.54) is 17.9 Å². The van der Waals surface area contributed by atoms with Gasteiger partial charge in [-0.2, -0.15) is 0 Å². The van der Waals surface area contributed by atoms with Gasteiger partial charge < -0.3 is 9.30 Å². The molecule has 16 heavy (non-hydrogen) atoms. The maximum Gasteiger partial charge on any atom is 0.354 e. The zero-order chi connectivity index (χ0) is 11.9. The van der Waals surface area contributed by atoms with Crippen LogP contribution in [0.25, 0.3) is 0 Å². The number of methoxy groups -OCH3 is 1. The lowest BCUT2D eigenvalue weighted by Crippen LogP contribution is -2.31. The number of hydrogen-bond acceptors (Lipinski definition) is 4. The smallest absolute Gasteiger partial charge is 0.354 e. The van der Waals surface area contributed by atoms with Crippen molar-refractivity contribution >= 4 is 16.0 Å². The molecule has 6 nitrogen and oxygen atoms in total. The van der Waals surface area contributed by atoms with Crippen molar-refractivity contribution in [2.45, 2.75) is 11.3 Å². The van der Waals surface area contributed by atoms with E-state index in [0.717, 1.165) is 0 Å². The topological polar surface area (TPSA) is 77.4 Å². The fourth-order valence-electron chi connectivity index (χ4n) is 1.87. The highest BCUT2D eigenvalue weighted by Gasteiger charge is 2.30. The van der Waals surface area contributed by atoms with Gasteiger partial charge in [0, 0.05) is 25.4 Å². The second kappa shape index (κ2) is 3.60. The summed E-state index contributed by atoms with van der Waals surface area (Å²) in [6.07, 6.45) is 1.93. The minimum atomic E-state index is -3.46. The van der Waals surface area contributed by atoms with Crippen LogP contribution in [0.2, 0.25) is 0 Å². The molecule has 1 aromatic rings. The zero-order valence-corrected chi connectivity index (χ0v) is 9.80. The summed E-state index contributed by atoms with van der Waals surface area (Å²) in [5.41, 5.74) is 0.843. The van der Waals surface area contributed by atoms with Crippen LogP contribution in [0.1, 0.15) is 16.1 Å². The number of esters is 1. The van der Waals surface area contributed by atoms with E-state index in [9.17, 15) is 13.2 Å². The maximum atomic E-state index is 11.7. The number of nitrogens with one attached hydrogen (secondary N) is 1. The van der Waals surface area contributed by atoms with Crippen LogP contribution >= 0.6 is 0 Å². The van der Waals surface area contributed by atoms with Crippen molar-refractivity contribution in [2.24, 2.45) is 7.05 Å². The number of ether oxygens (including phenoxy) is 1. The Morgan fingerprint density at radius 2 is 2.25 bits per heavy atom. The molecule has 0 aliphatic carbocycles. The summed E-state index contributed by atoms with van der Waals surface area (Å²) in [4.78, 5) is 11.7. The number of carbonyl (C=O) groups is 1. The highest BCUT2D eigenvalue weighted by molar-refractivity contribution is 7.89. The molecular weight excluding hydrogens is 232 g/mol. The molecule has 0 saturated heterocycles. The van der Waals surface area contributed by atoms with Gasteiger partial charge in [0.1, 0.15) is 10.6 Å². The first-order valence-electron chi connectivity index (χ1n) is 4.73. The monoisotopic (exact) mass is 244 g/mol. The molecule has 1 aromatic heterocycles. The number of fused-ring (bicyclic) bond motifs is 1. The van der Waals surface area contributed by atoms with Crippen molar-refractivity contribution in [2.75, 3.05) is 13.7 Å². The third kappa shape index (κ3) is 1.52. The van der Waals surface area contributed by atoms with Crippen molar-refractivity contribution in [3.05, 3.63) is 17.5 Å². The van der Waals surface area contributed by atoms with Crippen molar-refractivity contribution in [1.82, 2.24) is 9.29 Å².